The van der Waals surface area contributed by atoms with Crippen LogP contribution in [0.2, 0.25) is 0 Å². The first kappa shape index (κ1) is 18.2. The van der Waals surface area contributed by atoms with E-state index < -0.39 is 0 Å². The van der Waals surface area contributed by atoms with Crippen molar-refractivity contribution < 1.29 is 9.59 Å². The van der Waals surface area contributed by atoms with Gasteiger partial charge in [-0.2, -0.15) is 0 Å². The van der Waals surface area contributed by atoms with Gasteiger partial charge in [-0.15, -0.1) is 11.3 Å². The number of anilines is 1. The van der Waals surface area contributed by atoms with Gasteiger partial charge in [-0.3, -0.25) is 9.59 Å². The molecule has 2 rings (SSSR count). The average Bonchev–Trinajstić information content (AvgIpc) is 3.08. The maximum atomic E-state index is 12.4. The first-order valence-corrected chi connectivity index (χ1v) is 9.13. The van der Waals surface area contributed by atoms with Crippen LogP contribution in [0.15, 0.2) is 41.8 Å². The quantitative estimate of drug-likeness (QED) is 0.790. The first-order chi connectivity index (χ1) is 11.6. The van der Waals surface area contributed by atoms with Crippen LogP contribution in [-0.2, 0) is 16.0 Å². The smallest absolute Gasteiger partial charge is 0.244 e. The fourth-order valence-electron chi connectivity index (χ4n) is 2.48. The van der Waals surface area contributed by atoms with Crippen LogP contribution >= 0.6 is 11.3 Å². The molecule has 0 saturated heterocycles. The fourth-order valence-corrected chi connectivity index (χ4v) is 3.19. The van der Waals surface area contributed by atoms with Gasteiger partial charge in [0.2, 0.25) is 11.8 Å². The van der Waals surface area contributed by atoms with Gasteiger partial charge in [0.25, 0.3) is 0 Å². The molecule has 128 valence electrons. The predicted molar refractivity (Wildman–Crippen MR) is 99.3 cm³/mol. The molecular formula is C19H24N2O2S. The van der Waals surface area contributed by atoms with Crippen LogP contribution in [-0.4, -0.2) is 29.8 Å². The van der Waals surface area contributed by atoms with E-state index in [1.807, 2.05) is 55.6 Å². The van der Waals surface area contributed by atoms with E-state index in [0.717, 1.165) is 24.1 Å². The van der Waals surface area contributed by atoms with Crippen molar-refractivity contribution in [2.45, 2.75) is 33.1 Å². The van der Waals surface area contributed by atoms with Crippen molar-refractivity contribution in [2.24, 2.45) is 0 Å². The number of para-hydroxylation sites is 1. The number of carbonyl (C=O) groups excluding carboxylic acids is 2. The molecule has 0 bridgehead atoms. The summed E-state index contributed by atoms with van der Waals surface area (Å²) in [7, 11) is 0. The van der Waals surface area contributed by atoms with Gasteiger partial charge < -0.3 is 10.2 Å². The number of nitrogens with one attached hydrogen (secondary N) is 1. The summed E-state index contributed by atoms with van der Waals surface area (Å²) < 4.78 is 0. The highest BCUT2D eigenvalue weighted by atomic mass is 32.1. The van der Waals surface area contributed by atoms with Gasteiger partial charge in [0.15, 0.2) is 0 Å². The van der Waals surface area contributed by atoms with Gasteiger partial charge in [0.05, 0.1) is 6.54 Å². The van der Waals surface area contributed by atoms with E-state index in [0.29, 0.717) is 13.0 Å². The average molecular weight is 344 g/mol. The van der Waals surface area contributed by atoms with Gasteiger partial charge in [-0.25, -0.2) is 0 Å². The Hall–Kier alpha value is -2.14. The van der Waals surface area contributed by atoms with E-state index in [1.54, 1.807) is 16.2 Å². The predicted octanol–water partition coefficient (Wildman–Crippen LogP) is 3.87. The molecule has 1 aromatic carbocycles. The van der Waals surface area contributed by atoms with Crippen molar-refractivity contribution >= 4 is 28.8 Å². The summed E-state index contributed by atoms with van der Waals surface area (Å²) in [5, 5.41) is 4.91. The van der Waals surface area contributed by atoms with Crippen molar-refractivity contribution in [3.8, 4) is 0 Å². The summed E-state index contributed by atoms with van der Waals surface area (Å²) in [5.74, 6) is -0.118. The number of hydrogen-bond donors (Lipinski definition) is 1. The van der Waals surface area contributed by atoms with Crippen LogP contribution in [0, 0.1) is 6.92 Å². The number of carbonyl (C=O) groups is 2. The van der Waals surface area contributed by atoms with E-state index >= 15 is 0 Å². The van der Waals surface area contributed by atoms with Crippen molar-refractivity contribution in [1.29, 1.82) is 0 Å². The maximum absolute atomic E-state index is 12.4. The molecule has 0 atom stereocenters. The summed E-state index contributed by atoms with van der Waals surface area (Å²) in [6.07, 6.45) is 2.01. The van der Waals surface area contributed by atoms with Crippen molar-refractivity contribution in [3.05, 3.63) is 52.2 Å². The molecule has 24 heavy (non-hydrogen) atoms. The fraction of sp³-hybridized carbons (Fsp3) is 0.368. The maximum Gasteiger partial charge on any atom is 0.244 e. The minimum Gasteiger partial charge on any atom is -0.333 e. The number of rotatable bonds is 8. The van der Waals surface area contributed by atoms with Gasteiger partial charge in [0, 0.05) is 23.5 Å². The molecule has 1 N–H and O–H groups in total. The third kappa shape index (κ3) is 5.49. The molecule has 0 radical (unpaired) electrons. The molecule has 0 unspecified atom stereocenters. The van der Waals surface area contributed by atoms with Crippen molar-refractivity contribution in [3.63, 3.8) is 0 Å². The number of hydrogen-bond acceptors (Lipinski definition) is 3. The highest BCUT2D eigenvalue weighted by molar-refractivity contribution is 7.09. The molecule has 1 heterocycles. The minimum absolute atomic E-state index is 0.0326. The van der Waals surface area contributed by atoms with Gasteiger partial charge in [-0.1, -0.05) is 31.2 Å². The summed E-state index contributed by atoms with van der Waals surface area (Å²) in [6.45, 7) is 4.67. The molecule has 1 aromatic heterocycles. The van der Waals surface area contributed by atoms with Crippen molar-refractivity contribution in [2.75, 3.05) is 18.4 Å². The SMILES string of the molecule is CCCN(CC(=O)Nc1ccccc1C)C(=O)CCc1cccs1. The molecule has 0 aliphatic carbocycles. The van der Waals surface area contributed by atoms with Crippen LogP contribution < -0.4 is 5.32 Å². The Labute approximate surface area is 147 Å². The Morgan fingerprint density at radius 1 is 1.17 bits per heavy atom. The monoisotopic (exact) mass is 344 g/mol. The molecule has 0 saturated carbocycles. The first-order valence-electron chi connectivity index (χ1n) is 8.25. The van der Waals surface area contributed by atoms with Crippen LogP contribution in [0.3, 0.4) is 0 Å². The summed E-state index contributed by atoms with van der Waals surface area (Å²) >= 11 is 1.66. The van der Waals surface area contributed by atoms with E-state index in [9.17, 15) is 9.59 Å². The lowest BCUT2D eigenvalue weighted by molar-refractivity contribution is -0.134. The topological polar surface area (TPSA) is 49.4 Å². The van der Waals surface area contributed by atoms with E-state index in [-0.39, 0.29) is 18.4 Å². The highest BCUT2D eigenvalue weighted by Gasteiger charge is 2.17. The third-order valence-electron chi connectivity index (χ3n) is 3.77. The molecule has 0 fully saturated rings. The summed E-state index contributed by atoms with van der Waals surface area (Å²) in [4.78, 5) is 27.6. The van der Waals surface area contributed by atoms with Gasteiger partial charge in [0.1, 0.15) is 0 Å². The molecule has 5 heteroatoms. The Morgan fingerprint density at radius 2 is 1.96 bits per heavy atom. The van der Waals surface area contributed by atoms with Gasteiger partial charge in [-0.05, 0) is 42.8 Å². The molecule has 0 aliphatic heterocycles. The zero-order chi connectivity index (χ0) is 17.4. The number of thiophene rings is 1. The third-order valence-corrected chi connectivity index (χ3v) is 4.70. The summed E-state index contributed by atoms with van der Waals surface area (Å²) in [5.41, 5.74) is 1.81. The van der Waals surface area contributed by atoms with Gasteiger partial charge >= 0.3 is 0 Å². The Morgan fingerprint density at radius 3 is 2.62 bits per heavy atom. The van der Waals surface area contributed by atoms with E-state index in [1.165, 1.54) is 4.88 Å². The van der Waals surface area contributed by atoms with Crippen LogP contribution in [0.1, 0.15) is 30.2 Å². The number of amides is 2. The van der Waals surface area contributed by atoms with E-state index in [2.05, 4.69) is 5.32 Å². The Balaban J connectivity index is 1.90. The van der Waals surface area contributed by atoms with E-state index in [4.69, 9.17) is 0 Å². The second-order valence-corrected chi connectivity index (χ2v) is 6.79. The van der Waals surface area contributed by atoms with Crippen LogP contribution in [0.25, 0.3) is 0 Å². The molecule has 4 nitrogen and oxygen atoms in total. The molecule has 2 amide bonds. The molecule has 2 aromatic rings. The van der Waals surface area contributed by atoms with Crippen LogP contribution in [0.4, 0.5) is 5.69 Å². The lowest BCUT2D eigenvalue weighted by atomic mass is 10.2. The molecule has 0 spiro atoms. The zero-order valence-corrected chi connectivity index (χ0v) is 15.1. The Kier molecular flexibility index (Phi) is 7.00. The molecular weight excluding hydrogens is 320 g/mol. The molecule has 0 aliphatic rings. The largest absolute Gasteiger partial charge is 0.333 e. The summed E-state index contributed by atoms with van der Waals surface area (Å²) in [6, 6.07) is 11.7. The second kappa shape index (κ2) is 9.23. The highest BCUT2D eigenvalue weighted by Crippen LogP contribution is 2.14. The lowest BCUT2D eigenvalue weighted by Crippen LogP contribution is -2.38. The normalized spacial score (nSPS) is 10.4. The minimum atomic E-state index is -0.151. The number of benzene rings is 1. The lowest BCUT2D eigenvalue weighted by Gasteiger charge is -2.22. The van der Waals surface area contributed by atoms with Crippen molar-refractivity contribution in [1.82, 2.24) is 4.90 Å². The second-order valence-electron chi connectivity index (χ2n) is 5.76. The standard InChI is InChI=1S/C19H24N2O2S/c1-3-12-21(19(23)11-10-16-8-6-13-24-16)14-18(22)20-17-9-5-4-7-15(17)2/h4-9,13H,3,10-12,14H2,1-2H3,(H,20,22). The zero-order valence-electron chi connectivity index (χ0n) is 14.2. The Bertz CT molecular complexity index is 668. The number of nitrogens with zero attached hydrogens (tertiary/aromatic N) is 1. The number of aryl methyl sites for hydroxylation is 2. The van der Waals surface area contributed by atoms with Crippen LogP contribution in [0.5, 0.6) is 0 Å².